The Labute approximate surface area is 119 Å². The molecular formula is C13H15IN2S. The van der Waals surface area contributed by atoms with E-state index in [2.05, 4.69) is 71.5 Å². The van der Waals surface area contributed by atoms with Crippen molar-refractivity contribution in [3.05, 3.63) is 54.8 Å². The van der Waals surface area contributed by atoms with Crippen LogP contribution >= 0.6 is 33.9 Å². The van der Waals surface area contributed by atoms with Gasteiger partial charge in [0.05, 0.1) is 6.04 Å². The molecule has 0 spiro atoms. The third-order valence-corrected chi connectivity index (χ3v) is 5.42. The average Bonchev–Trinajstić information content (AvgIpc) is 2.72. The minimum absolute atomic E-state index is 0.0850. The molecule has 4 heteroatoms. The van der Waals surface area contributed by atoms with Crippen LogP contribution in [-0.4, -0.2) is 0 Å². The summed E-state index contributed by atoms with van der Waals surface area (Å²) in [6, 6.07) is 8.56. The molecule has 0 amide bonds. The summed E-state index contributed by atoms with van der Waals surface area (Å²) in [5.74, 6) is 5.74. The quantitative estimate of drug-likeness (QED) is 0.501. The number of nitrogens with one attached hydrogen (secondary N) is 1. The Kier molecular flexibility index (Phi) is 4.19. The number of benzene rings is 1. The highest BCUT2D eigenvalue weighted by Gasteiger charge is 2.18. The first-order valence-electron chi connectivity index (χ1n) is 5.40. The number of rotatable bonds is 3. The molecule has 1 unspecified atom stereocenters. The summed E-state index contributed by atoms with van der Waals surface area (Å²) in [7, 11) is 0. The van der Waals surface area contributed by atoms with E-state index in [0.29, 0.717) is 0 Å². The zero-order valence-corrected chi connectivity index (χ0v) is 12.8. The van der Waals surface area contributed by atoms with Crippen LogP contribution in [0.3, 0.4) is 0 Å². The number of nitrogens with two attached hydrogens (primary N) is 1. The van der Waals surface area contributed by atoms with E-state index in [9.17, 15) is 0 Å². The van der Waals surface area contributed by atoms with Crippen molar-refractivity contribution < 1.29 is 0 Å². The molecule has 0 aliphatic carbocycles. The van der Waals surface area contributed by atoms with Gasteiger partial charge in [-0.1, -0.05) is 18.2 Å². The maximum Gasteiger partial charge on any atom is 0.0815 e. The van der Waals surface area contributed by atoms with Crippen LogP contribution in [0.25, 0.3) is 0 Å². The zero-order chi connectivity index (χ0) is 12.4. The lowest BCUT2D eigenvalue weighted by Gasteiger charge is -2.18. The number of hydrogen-bond donors (Lipinski definition) is 2. The molecule has 0 aliphatic heterocycles. The maximum absolute atomic E-state index is 5.74. The largest absolute Gasteiger partial charge is 0.271 e. The van der Waals surface area contributed by atoms with Crippen molar-refractivity contribution >= 4 is 33.9 Å². The van der Waals surface area contributed by atoms with E-state index >= 15 is 0 Å². The molecule has 1 heterocycles. The Morgan fingerprint density at radius 1 is 1.24 bits per heavy atom. The van der Waals surface area contributed by atoms with Gasteiger partial charge < -0.3 is 0 Å². The van der Waals surface area contributed by atoms with Gasteiger partial charge >= 0.3 is 0 Å². The molecule has 0 aliphatic rings. The highest BCUT2D eigenvalue weighted by molar-refractivity contribution is 14.1. The molecule has 1 aromatic heterocycles. The van der Waals surface area contributed by atoms with Crippen molar-refractivity contribution in [1.29, 1.82) is 0 Å². The van der Waals surface area contributed by atoms with Crippen LogP contribution in [-0.2, 0) is 0 Å². The molecule has 0 fully saturated rings. The average molecular weight is 358 g/mol. The van der Waals surface area contributed by atoms with Crippen molar-refractivity contribution in [3.63, 3.8) is 0 Å². The van der Waals surface area contributed by atoms with Crippen molar-refractivity contribution in [1.82, 2.24) is 5.43 Å². The predicted octanol–water partition coefficient (Wildman–Crippen LogP) is 3.52. The molecule has 1 atom stereocenters. The molecular weight excluding hydrogens is 343 g/mol. The van der Waals surface area contributed by atoms with Crippen molar-refractivity contribution in [3.8, 4) is 0 Å². The summed E-state index contributed by atoms with van der Waals surface area (Å²) in [5, 5.41) is 2.11. The Balaban J connectivity index is 2.50. The summed E-state index contributed by atoms with van der Waals surface area (Å²) in [4.78, 5) is 1.29. The molecule has 17 heavy (non-hydrogen) atoms. The summed E-state index contributed by atoms with van der Waals surface area (Å²) < 4.78 is 1.28. The molecule has 1 aromatic carbocycles. The van der Waals surface area contributed by atoms with E-state index in [1.54, 1.807) is 11.3 Å². The number of halogens is 1. The fourth-order valence-corrected chi connectivity index (χ4v) is 3.55. The smallest absolute Gasteiger partial charge is 0.0815 e. The van der Waals surface area contributed by atoms with Gasteiger partial charge in [-0.15, -0.1) is 11.3 Å². The third-order valence-electron chi connectivity index (χ3n) is 2.86. The summed E-state index contributed by atoms with van der Waals surface area (Å²) in [6.07, 6.45) is 0. The second-order valence-electron chi connectivity index (χ2n) is 4.05. The van der Waals surface area contributed by atoms with Crippen LogP contribution < -0.4 is 11.3 Å². The molecule has 3 N–H and O–H groups in total. The van der Waals surface area contributed by atoms with Gasteiger partial charge in [-0.25, -0.2) is 5.43 Å². The van der Waals surface area contributed by atoms with E-state index in [1.165, 1.54) is 25.1 Å². The monoisotopic (exact) mass is 358 g/mol. The van der Waals surface area contributed by atoms with Gasteiger partial charge in [0.2, 0.25) is 0 Å². The second-order valence-corrected chi connectivity index (χ2v) is 6.07. The molecule has 2 aromatic rings. The minimum Gasteiger partial charge on any atom is -0.271 e. The predicted molar refractivity (Wildman–Crippen MR) is 82.1 cm³/mol. The SMILES string of the molecule is Cc1ccsc1C(NN)c1cccc(C)c1I. The molecule has 0 radical (unpaired) electrons. The number of thiophene rings is 1. The topological polar surface area (TPSA) is 38.0 Å². The molecule has 2 rings (SSSR count). The van der Waals surface area contributed by atoms with Crippen LogP contribution in [0.5, 0.6) is 0 Å². The first-order valence-corrected chi connectivity index (χ1v) is 7.36. The zero-order valence-electron chi connectivity index (χ0n) is 9.83. The van der Waals surface area contributed by atoms with Gasteiger partial charge in [0.15, 0.2) is 0 Å². The Morgan fingerprint density at radius 2 is 2.00 bits per heavy atom. The van der Waals surface area contributed by atoms with Gasteiger partial charge in [-0.05, 0) is 64.6 Å². The Morgan fingerprint density at radius 3 is 2.59 bits per heavy atom. The standard InChI is InChI=1S/C13H15IN2S/c1-8-4-3-5-10(11(8)14)12(16-15)13-9(2)6-7-17-13/h3-7,12,16H,15H2,1-2H3. The fraction of sp³-hybridized carbons (Fsp3) is 0.231. The molecule has 2 nitrogen and oxygen atoms in total. The van der Waals surface area contributed by atoms with Crippen LogP contribution in [0.4, 0.5) is 0 Å². The maximum atomic E-state index is 5.74. The van der Waals surface area contributed by atoms with Gasteiger partial charge in [0, 0.05) is 8.45 Å². The van der Waals surface area contributed by atoms with Crippen LogP contribution in [0.1, 0.15) is 27.6 Å². The van der Waals surface area contributed by atoms with E-state index in [0.717, 1.165) is 0 Å². The normalized spacial score (nSPS) is 12.7. The number of hydrazine groups is 1. The second kappa shape index (κ2) is 5.48. The van der Waals surface area contributed by atoms with Gasteiger partial charge in [0.1, 0.15) is 0 Å². The molecule has 0 saturated heterocycles. The number of aryl methyl sites for hydroxylation is 2. The summed E-state index contributed by atoms with van der Waals surface area (Å²) in [5.41, 5.74) is 6.76. The van der Waals surface area contributed by atoms with E-state index in [4.69, 9.17) is 5.84 Å². The Hall–Kier alpha value is -0.430. The van der Waals surface area contributed by atoms with E-state index < -0.39 is 0 Å². The first kappa shape index (κ1) is 13.0. The van der Waals surface area contributed by atoms with Gasteiger partial charge in [0.25, 0.3) is 0 Å². The van der Waals surface area contributed by atoms with Crippen LogP contribution in [0, 0.1) is 17.4 Å². The van der Waals surface area contributed by atoms with E-state index in [-0.39, 0.29) is 6.04 Å². The highest BCUT2D eigenvalue weighted by Crippen LogP contribution is 2.32. The fourth-order valence-electron chi connectivity index (χ4n) is 1.88. The van der Waals surface area contributed by atoms with E-state index in [1.807, 2.05) is 0 Å². The van der Waals surface area contributed by atoms with Crippen LogP contribution in [0.2, 0.25) is 0 Å². The van der Waals surface area contributed by atoms with Crippen LogP contribution in [0.15, 0.2) is 29.6 Å². The van der Waals surface area contributed by atoms with Gasteiger partial charge in [-0.3, -0.25) is 5.84 Å². The van der Waals surface area contributed by atoms with Crippen molar-refractivity contribution in [2.45, 2.75) is 19.9 Å². The lowest BCUT2D eigenvalue weighted by molar-refractivity contribution is 0.641. The highest BCUT2D eigenvalue weighted by atomic mass is 127. The Bertz CT molecular complexity index is 522. The van der Waals surface area contributed by atoms with Gasteiger partial charge in [-0.2, -0.15) is 0 Å². The summed E-state index contributed by atoms with van der Waals surface area (Å²) in [6.45, 7) is 4.25. The lowest BCUT2D eigenvalue weighted by Crippen LogP contribution is -2.29. The third kappa shape index (κ3) is 2.54. The number of hydrogen-bond acceptors (Lipinski definition) is 3. The molecule has 0 bridgehead atoms. The van der Waals surface area contributed by atoms with Crippen molar-refractivity contribution in [2.24, 2.45) is 5.84 Å². The van der Waals surface area contributed by atoms with Crippen molar-refractivity contribution in [2.75, 3.05) is 0 Å². The lowest BCUT2D eigenvalue weighted by atomic mass is 10.0. The minimum atomic E-state index is 0.0850. The molecule has 90 valence electrons. The first-order chi connectivity index (χ1) is 8.15. The molecule has 0 saturated carbocycles. The summed E-state index contributed by atoms with van der Waals surface area (Å²) >= 11 is 4.13.